The van der Waals surface area contributed by atoms with E-state index in [1.807, 2.05) is 0 Å². The molecule has 1 aliphatic rings. The van der Waals surface area contributed by atoms with E-state index in [1.165, 1.54) is 0 Å². The maximum absolute atomic E-state index is 12.0. The molecule has 1 unspecified atom stereocenters. The van der Waals surface area contributed by atoms with Crippen molar-refractivity contribution in [3.8, 4) is 0 Å². The molecule has 1 fully saturated rings. The molecule has 0 amide bonds. The molecule has 11 heavy (non-hydrogen) atoms. The molecule has 1 atom stereocenters. The van der Waals surface area contributed by atoms with Crippen LogP contribution >= 0.6 is 0 Å². The first-order valence-electron chi connectivity index (χ1n) is 3.93. The molecule has 1 aliphatic heterocycles. The smallest absolute Gasteiger partial charge is 0.128 e. The van der Waals surface area contributed by atoms with Crippen LogP contribution in [0.2, 0.25) is 0 Å². The van der Waals surface area contributed by atoms with Gasteiger partial charge < -0.3 is 9.53 Å². The van der Waals surface area contributed by atoms with E-state index in [1.54, 1.807) is 0 Å². The van der Waals surface area contributed by atoms with Gasteiger partial charge >= 0.3 is 0 Å². The lowest BCUT2D eigenvalue weighted by molar-refractivity contribution is -0.124. The van der Waals surface area contributed by atoms with Crippen molar-refractivity contribution >= 4 is 6.29 Å². The van der Waals surface area contributed by atoms with Crippen molar-refractivity contribution in [1.82, 2.24) is 0 Å². The van der Waals surface area contributed by atoms with E-state index < -0.39 is 12.1 Å². The maximum atomic E-state index is 12.0. The van der Waals surface area contributed by atoms with Crippen molar-refractivity contribution in [2.75, 3.05) is 19.9 Å². The predicted molar refractivity (Wildman–Crippen MR) is 39.1 cm³/mol. The lowest BCUT2D eigenvalue weighted by Gasteiger charge is -2.30. The Balaban J connectivity index is 2.49. The lowest BCUT2D eigenvalue weighted by Crippen LogP contribution is -2.33. The molecule has 0 spiro atoms. The number of rotatable bonds is 3. The Labute approximate surface area is 65.7 Å². The number of hydrogen-bond donors (Lipinski definition) is 0. The van der Waals surface area contributed by atoms with E-state index >= 15 is 0 Å². The van der Waals surface area contributed by atoms with Crippen LogP contribution in [-0.2, 0) is 9.53 Å². The molecular weight excluding hydrogens is 147 g/mol. The summed E-state index contributed by atoms with van der Waals surface area (Å²) in [7, 11) is 0. The zero-order valence-electron chi connectivity index (χ0n) is 6.51. The summed E-state index contributed by atoms with van der Waals surface area (Å²) in [6, 6.07) is 0. The molecule has 0 saturated carbocycles. The zero-order valence-corrected chi connectivity index (χ0v) is 6.51. The van der Waals surface area contributed by atoms with Crippen molar-refractivity contribution in [2.24, 2.45) is 5.41 Å². The van der Waals surface area contributed by atoms with Gasteiger partial charge in [0.2, 0.25) is 0 Å². The molecule has 0 aromatic rings. The van der Waals surface area contributed by atoms with Crippen LogP contribution in [0.3, 0.4) is 0 Å². The van der Waals surface area contributed by atoms with Crippen LogP contribution in [0.15, 0.2) is 0 Å². The molecule has 2 nitrogen and oxygen atoms in total. The second-order valence-corrected chi connectivity index (χ2v) is 3.08. The van der Waals surface area contributed by atoms with Crippen LogP contribution in [0.1, 0.15) is 19.3 Å². The molecule has 0 aromatic carbocycles. The van der Waals surface area contributed by atoms with E-state index in [-0.39, 0.29) is 0 Å². The third-order valence-corrected chi connectivity index (χ3v) is 2.20. The SMILES string of the molecule is O=CC1(CCF)CCCOC1. The Morgan fingerprint density at radius 2 is 2.45 bits per heavy atom. The Morgan fingerprint density at radius 3 is 2.91 bits per heavy atom. The number of carbonyl (C=O) groups excluding carboxylic acids is 1. The summed E-state index contributed by atoms with van der Waals surface area (Å²) in [5.41, 5.74) is -0.507. The largest absolute Gasteiger partial charge is 0.380 e. The lowest BCUT2D eigenvalue weighted by atomic mass is 9.81. The van der Waals surface area contributed by atoms with Crippen molar-refractivity contribution in [2.45, 2.75) is 19.3 Å². The van der Waals surface area contributed by atoms with E-state index in [0.717, 1.165) is 19.1 Å². The highest BCUT2D eigenvalue weighted by atomic mass is 19.1. The summed E-state index contributed by atoms with van der Waals surface area (Å²) < 4.78 is 17.1. The molecule has 0 radical (unpaired) electrons. The zero-order chi connectivity index (χ0) is 8.16. The minimum absolute atomic E-state index is 0.316. The fourth-order valence-corrected chi connectivity index (χ4v) is 1.41. The van der Waals surface area contributed by atoms with Gasteiger partial charge in [-0.15, -0.1) is 0 Å². The van der Waals surface area contributed by atoms with Gasteiger partial charge in [-0.3, -0.25) is 4.39 Å². The molecule has 64 valence electrons. The van der Waals surface area contributed by atoms with Crippen molar-refractivity contribution in [1.29, 1.82) is 0 Å². The molecule has 3 heteroatoms. The van der Waals surface area contributed by atoms with E-state index in [4.69, 9.17) is 4.74 Å². The number of alkyl halides is 1. The fourth-order valence-electron chi connectivity index (χ4n) is 1.41. The van der Waals surface area contributed by atoms with Gasteiger partial charge in [0.15, 0.2) is 0 Å². The number of halogens is 1. The van der Waals surface area contributed by atoms with Gasteiger partial charge in [-0.2, -0.15) is 0 Å². The summed E-state index contributed by atoms with van der Waals surface area (Å²) in [4.78, 5) is 10.6. The van der Waals surface area contributed by atoms with Gasteiger partial charge in [0, 0.05) is 6.61 Å². The van der Waals surface area contributed by atoms with Gasteiger partial charge in [-0.05, 0) is 19.3 Å². The summed E-state index contributed by atoms with van der Waals surface area (Å²) >= 11 is 0. The second-order valence-electron chi connectivity index (χ2n) is 3.08. The van der Waals surface area contributed by atoms with E-state index in [2.05, 4.69) is 0 Å². The number of carbonyl (C=O) groups is 1. The number of hydrogen-bond acceptors (Lipinski definition) is 2. The third kappa shape index (κ3) is 1.99. The first kappa shape index (κ1) is 8.65. The molecule has 1 heterocycles. The third-order valence-electron chi connectivity index (χ3n) is 2.20. The molecule has 0 N–H and O–H groups in total. The van der Waals surface area contributed by atoms with Crippen molar-refractivity contribution in [3.63, 3.8) is 0 Å². The Hall–Kier alpha value is -0.440. The van der Waals surface area contributed by atoms with Crippen LogP contribution in [0, 0.1) is 5.41 Å². The normalized spacial score (nSPS) is 31.7. The van der Waals surface area contributed by atoms with Crippen LogP contribution < -0.4 is 0 Å². The fraction of sp³-hybridized carbons (Fsp3) is 0.875. The van der Waals surface area contributed by atoms with Crippen LogP contribution in [-0.4, -0.2) is 26.2 Å². The highest BCUT2D eigenvalue weighted by Crippen LogP contribution is 2.29. The first-order valence-corrected chi connectivity index (χ1v) is 3.93. The van der Waals surface area contributed by atoms with Crippen molar-refractivity contribution in [3.05, 3.63) is 0 Å². The number of ether oxygens (including phenoxy) is 1. The number of aldehydes is 1. The highest BCUT2D eigenvalue weighted by molar-refractivity contribution is 5.59. The van der Waals surface area contributed by atoms with Crippen LogP contribution in [0.5, 0.6) is 0 Å². The Kier molecular flexibility index (Phi) is 3.00. The molecular formula is C8H13FO2. The quantitative estimate of drug-likeness (QED) is 0.582. The van der Waals surface area contributed by atoms with Gasteiger partial charge in [-0.25, -0.2) is 0 Å². The first-order chi connectivity index (χ1) is 5.33. The van der Waals surface area contributed by atoms with Crippen molar-refractivity contribution < 1.29 is 13.9 Å². The predicted octanol–water partition coefficient (Wildman–Crippen LogP) is 1.34. The molecule has 1 saturated heterocycles. The maximum Gasteiger partial charge on any atom is 0.128 e. The van der Waals surface area contributed by atoms with Gasteiger partial charge in [0.25, 0.3) is 0 Å². The monoisotopic (exact) mass is 160 g/mol. The summed E-state index contributed by atoms with van der Waals surface area (Å²) in [6.07, 6.45) is 2.82. The standard InChI is InChI=1S/C8H13FO2/c9-4-3-8(6-10)2-1-5-11-7-8/h6H,1-5,7H2. The topological polar surface area (TPSA) is 26.3 Å². The summed E-state index contributed by atoms with van der Waals surface area (Å²) in [5, 5.41) is 0. The van der Waals surface area contributed by atoms with E-state index in [9.17, 15) is 9.18 Å². The minimum atomic E-state index is -0.507. The highest BCUT2D eigenvalue weighted by Gasteiger charge is 2.31. The second kappa shape index (κ2) is 3.81. The van der Waals surface area contributed by atoms with E-state index in [0.29, 0.717) is 19.6 Å². The molecule has 0 aliphatic carbocycles. The van der Waals surface area contributed by atoms with Gasteiger partial charge in [0.05, 0.1) is 18.7 Å². The minimum Gasteiger partial charge on any atom is -0.380 e. The Bertz CT molecular complexity index is 125. The van der Waals surface area contributed by atoms with Gasteiger partial charge in [0.1, 0.15) is 6.29 Å². The molecule has 0 bridgehead atoms. The summed E-state index contributed by atoms with van der Waals surface area (Å²) in [5.74, 6) is 0. The molecule has 1 rings (SSSR count). The van der Waals surface area contributed by atoms with Gasteiger partial charge in [-0.1, -0.05) is 0 Å². The Morgan fingerprint density at radius 1 is 1.64 bits per heavy atom. The van der Waals surface area contributed by atoms with Crippen LogP contribution in [0.4, 0.5) is 4.39 Å². The molecule has 0 aromatic heterocycles. The average molecular weight is 160 g/mol. The summed E-state index contributed by atoms with van der Waals surface area (Å²) in [6.45, 7) is 0.685. The van der Waals surface area contributed by atoms with Crippen LogP contribution in [0.25, 0.3) is 0 Å². The average Bonchev–Trinajstić information content (AvgIpc) is 2.07.